The number of hydrogen-bond donors (Lipinski definition) is 1. The van der Waals surface area contributed by atoms with Crippen LogP contribution in [0.25, 0.3) is 0 Å². The Morgan fingerprint density at radius 1 is 0.950 bits per heavy atom. The number of aliphatic hydroxyl groups is 1. The molecule has 2 nitrogen and oxygen atoms in total. The van der Waals surface area contributed by atoms with E-state index in [0.717, 1.165) is 25.9 Å². The van der Waals surface area contributed by atoms with Gasteiger partial charge in [-0.3, -0.25) is 0 Å². The predicted molar refractivity (Wildman–Crippen MR) is 83.1 cm³/mol. The summed E-state index contributed by atoms with van der Waals surface area (Å²) in [5.41, 5.74) is 2.37. The van der Waals surface area contributed by atoms with Crippen LogP contribution in [0.15, 0.2) is 60.7 Å². The second-order valence-corrected chi connectivity index (χ2v) is 5.67. The van der Waals surface area contributed by atoms with E-state index in [0.29, 0.717) is 0 Å². The molecule has 0 spiro atoms. The van der Waals surface area contributed by atoms with Crippen LogP contribution < -0.4 is 4.90 Å². The first-order chi connectivity index (χ1) is 9.84. The number of hydrogen-bond acceptors (Lipinski definition) is 2. The number of anilines is 1. The summed E-state index contributed by atoms with van der Waals surface area (Å²) >= 11 is 0. The first-order valence-electron chi connectivity index (χ1n) is 7.30. The number of piperidine rings is 1. The third-order valence-corrected chi connectivity index (χ3v) is 4.39. The van der Waals surface area contributed by atoms with Gasteiger partial charge in [0.15, 0.2) is 0 Å². The predicted octanol–water partition coefficient (Wildman–Crippen LogP) is 3.22. The number of rotatable bonds is 3. The van der Waals surface area contributed by atoms with Gasteiger partial charge in [-0.15, -0.1) is 0 Å². The average molecular weight is 267 g/mol. The van der Waals surface area contributed by atoms with Gasteiger partial charge in [-0.05, 0) is 30.5 Å². The molecule has 2 aromatic rings. The van der Waals surface area contributed by atoms with Gasteiger partial charge in [-0.1, -0.05) is 48.5 Å². The first kappa shape index (κ1) is 13.2. The van der Waals surface area contributed by atoms with Gasteiger partial charge in [0.25, 0.3) is 0 Å². The molecule has 1 aliphatic heterocycles. The lowest BCUT2D eigenvalue weighted by Crippen LogP contribution is -2.48. The molecule has 0 saturated carbocycles. The van der Waals surface area contributed by atoms with Crippen LogP contribution in [-0.2, 0) is 5.41 Å². The van der Waals surface area contributed by atoms with Crippen LogP contribution in [0.5, 0.6) is 0 Å². The van der Waals surface area contributed by atoms with E-state index < -0.39 is 0 Å². The van der Waals surface area contributed by atoms with E-state index in [-0.39, 0.29) is 12.0 Å². The van der Waals surface area contributed by atoms with Crippen molar-refractivity contribution in [3.8, 4) is 0 Å². The zero-order chi connectivity index (χ0) is 13.8. The fourth-order valence-electron chi connectivity index (χ4n) is 3.24. The Kier molecular flexibility index (Phi) is 3.75. The highest BCUT2D eigenvalue weighted by Gasteiger charge is 2.36. The van der Waals surface area contributed by atoms with E-state index in [1.54, 1.807) is 0 Å². The fourth-order valence-corrected chi connectivity index (χ4v) is 3.24. The van der Waals surface area contributed by atoms with Gasteiger partial charge in [0.1, 0.15) is 0 Å². The number of aliphatic hydroxyl groups excluding tert-OH is 1. The molecule has 1 aliphatic rings. The molecule has 1 heterocycles. The lowest BCUT2D eigenvalue weighted by atomic mass is 9.74. The zero-order valence-corrected chi connectivity index (χ0v) is 11.7. The summed E-state index contributed by atoms with van der Waals surface area (Å²) in [6, 6.07) is 20.9. The van der Waals surface area contributed by atoms with E-state index in [2.05, 4.69) is 53.4 Å². The number of benzene rings is 2. The Morgan fingerprint density at radius 3 is 2.25 bits per heavy atom. The summed E-state index contributed by atoms with van der Waals surface area (Å²) < 4.78 is 0. The van der Waals surface area contributed by atoms with E-state index in [1.807, 2.05) is 12.1 Å². The van der Waals surface area contributed by atoms with Gasteiger partial charge >= 0.3 is 0 Å². The monoisotopic (exact) mass is 267 g/mol. The van der Waals surface area contributed by atoms with Crippen LogP contribution >= 0.6 is 0 Å². The number of nitrogens with zero attached hydrogens (tertiary/aromatic N) is 1. The first-order valence-corrected chi connectivity index (χ1v) is 7.30. The third kappa shape index (κ3) is 2.44. The smallest absolute Gasteiger partial charge is 0.0545 e. The summed E-state index contributed by atoms with van der Waals surface area (Å²) in [7, 11) is 0. The Bertz CT molecular complexity index is 540. The molecule has 1 atom stereocenters. The van der Waals surface area contributed by atoms with Gasteiger partial charge in [0, 0.05) is 24.2 Å². The SMILES string of the molecule is OCC1(c2ccccc2)CCCN(c2ccccc2)C1. The van der Waals surface area contributed by atoms with Crippen LogP contribution in [-0.4, -0.2) is 24.8 Å². The largest absolute Gasteiger partial charge is 0.395 e. The summed E-state index contributed by atoms with van der Waals surface area (Å²) in [4.78, 5) is 2.40. The molecule has 0 aromatic heterocycles. The maximum absolute atomic E-state index is 10.0. The van der Waals surface area contributed by atoms with E-state index in [4.69, 9.17) is 0 Å². The molecule has 20 heavy (non-hydrogen) atoms. The van der Waals surface area contributed by atoms with Gasteiger partial charge in [0.05, 0.1) is 6.61 Å². The van der Waals surface area contributed by atoms with Crippen molar-refractivity contribution in [2.75, 3.05) is 24.6 Å². The second-order valence-electron chi connectivity index (χ2n) is 5.67. The lowest BCUT2D eigenvalue weighted by Gasteiger charge is -2.43. The summed E-state index contributed by atoms with van der Waals surface area (Å²) in [5.74, 6) is 0. The Balaban J connectivity index is 1.90. The molecular formula is C18H21NO. The van der Waals surface area contributed by atoms with Crippen LogP contribution in [0.2, 0.25) is 0 Å². The lowest BCUT2D eigenvalue weighted by molar-refractivity contribution is 0.172. The van der Waals surface area contributed by atoms with Crippen LogP contribution in [0.1, 0.15) is 18.4 Å². The number of para-hydroxylation sites is 1. The summed E-state index contributed by atoms with van der Waals surface area (Å²) in [6.07, 6.45) is 2.17. The van der Waals surface area contributed by atoms with Gasteiger partial charge < -0.3 is 10.0 Å². The van der Waals surface area contributed by atoms with Crippen molar-refractivity contribution in [2.24, 2.45) is 0 Å². The second kappa shape index (κ2) is 5.68. The van der Waals surface area contributed by atoms with E-state index >= 15 is 0 Å². The highest BCUT2D eigenvalue weighted by atomic mass is 16.3. The fraction of sp³-hybridized carbons (Fsp3) is 0.333. The summed E-state index contributed by atoms with van der Waals surface area (Å²) in [5, 5.41) is 10.0. The van der Waals surface area contributed by atoms with Crippen LogP contribution in [0.3, 0.4) is 0 Å². The van der Waals surface area contributed by atoms with Crippen molar-refractivity contribution in [3.05, 3.63) is 66.2 Å². The molecular weight excluding hydrogens is 246 g/mol. The molecule has 104 valence electrons. The third-order valence-electron chi connectivity index (χ3n) is 4.39. The maximum Gasteiger partial charge on any atom is 0.0545 e. The average Bonchev–Trinajstić information content (AvgIpc) is 2.56. The van der Waals surface area contributed by atoms with Crippen LogP contribution in [0.4, 0.5) is 5.69 Å². The van der Waals surface area contributed by atoms with Gasteiger partial charge in [-0.2, -0.15) is 0 Å². The van der Waals surface area contributed by atoms with Crippen molar-refractivity contribution >= 4 is 5.69 Å². The topological polar surface area (TPSA) is 23.5 Å². The molecule has 0 amide bonds. The van der Waals surface area contributed by atoms with E-state index in [1.165, 1.54) is 11.3 Å². The van der Waals surface area contributed by atoms with Crippen molar-refractivity contribution in [3.63, 3.8) is 0 Å². The Labute approximate surface area is 120 Å². The van der Waals surface area contributed by atoms with Crippen LogP contribution in [0, 0.1) is 0 Å². The molecule has 0 bridgehead atoms. The molecule has 0 radical (unpaired) electrons. The highest BCUT2D eigenvalue weighted by molar-refractivity contribution is 5.48. The quantitative estimate of drug-likeness (QED) is 0.923. The molecule has 3 rings (SSSR count). The van der Waals surface area contributed by atoms with Crippen molar-refractivity contribution < 1.29 is 5.11 Å². The Hall–Kier alpha value is -1.80. The molecule has 2 heteroatoms. The minimum Gasteiger partial charge on any atom is -0.395 e. The molecule has 1 fully saturated rings. The van der Waals surface area contributed by atoms with Crippen molar-refractivity contribution in [1.82, 2.24) is 0 Å². The zero-order valence-electron chi connectivity index (χ0n) is 11.7. The standard InChI is InChI=1S/C18H21NO/c20-15-18(16-8-3-1-4-9-16)12-7-13-19(14-18)17-10-5-2-6-11-17/h1-6,8-11,20H,7,12-15H2. The normalized spacial score (nSPS) is 22.8. The molecule has 1 N–H and O–H groups in total. The maximum atomic E-state index is 10.0. The molecule has 1 unspecified atom stereocenters. The highest BCUT2D eigenvalue weighted by Crippen LogP contribution is 2.35. The minimum atomic E-state index is -0.130. The molecule has 0 aliphatic carbocycles. The molecule has 1 saturated heterocycles. The van der Waals surface area contributed by atoms with E-state index in [9.17, 15) is 5.11 Å². The molecule has 2 aromatic carbocycles. The van der Waals surface area contributed by atoms with Gasteiger partial charge in [-0.25, -0.2) is 0 Å². The van der Waals surface area contributed by atoms with Crippen molar-refractivity contribution in [1.29, 1.82) is 0 Å². The van der Waals surface area contributed by atoms with Crippen molar-refractivity contribution in [2.45, 2.75) is 18.3 Å². The Morgan fingerprint density at radius 2 is 1.60 bits per heavy atom. The van der Waals surface area contributed by atoms with Gasteiger partial charge in [0.2, 0.25) is 0 Å². The minimum absolute atomic E-state index is 0.130. The summed E-state index contributed by atoms with van der Waals surface area (Å²) in [6.45, 7) is 2.16.